The molecule has 1 N–H and O–H groups in total. The largest absolute Gasteiger partial charge is 0.342 e. The minimum Gasteiger partial charge on any atom is -0.342 e. The van der Waals surface area contributed by atoms with Crippen LogP contribution in [0.25, 0.3) is 0 Å². The Labute approximate surface area is 157 Å². The van der Waals surface area contributed by atoms with Gasteiger partial charge in [0.2, 0.25) is 17.7 Å². The van der Waals surface area contributed by atoms with Crippen LogP contribution in [0.4, 0.5) is 0 Å². The van der Waals surface area contributed by atoms with Crippen LogP contribution in [0.5, 0.6) is 0 Å². The number of carbonyl (C=O) groups excluding carboxylic acids is 3. The predicted octanol–water partition coefficient (Wildman–Crippen LogP) is 1.41. The fraction of sp³-hybridized carbons (Fsp3) is 0.632. The highest BCUT2D eigenvalue weighted by Gasteiger charge is 2.44. The molecule has 3 amide bonds. The number of rotatable bonds is 3. The number of hydrogen-bond donors (Lipinski definition) is 1. The third-order valence-electron chi connectivity index (χ3n) is 5.83. The Kier molecular flexibility index (Phi) is 4.98. The van der Waals surface area contributed by atoms with Crippen molar-refractivity contribution in [3.63, 3.8) is 0 Å². The summed E-state index contributed by atoms with van der Waals surface area (Å²) < 4.78 is 0. The van der Waals surface area contributed by atoms with E-state index in [2.05, 4.69) is 5.32 Å². The summed E-state index contributed by atoms with van der Waals surface area (Å²) in [5.41, 5.74) is 0. The normalized spacial score (nSPS) is 27.2. The van der Waals surface area contributed by atoms with E-state index in [4.69, 9.17) is 0 Å². The van der Waals surface area contributed by atoms with Gasteiger partial charge in [0.15, 0.2) is 0 Å². The summed E-state index contributed by atoms with van der Waals surface area (Å²) in [4.78, 5) is 42.8. The minimum atomic E-state index is -0.539. The summed E-state index contributed by atoms with van der Waals surface area (Å²) >= 11 is 1.59. The molecule has 2 saturated heterocycles. The van der Waals surface area contributed by atoms with E-state index in [1.165, 1.54) is 6.42 Å². The third kappa shape index (κ3) is 3.37. The molecule has 0 unspecified atom stereocenters. The molecule has 1 aromatic rings. The van der Waals surface area contributed by atoms with Gasteiger partial charge in [-0.3, -0.25) is 14.4 Å². The van der Waals surface area contributed by atoms with Crippen LogP contribution in [0.1, 0.15) is 37.0 Å². The van der Waals surface area contributed by atoms with Crippen molar-refractivity contribution in [3.8, 4) is 0 Å². The van der Waals surface area contributed by atoms with Gasteiger partial charge in [-0.2, -0.15) is 0 Å². The van der Waals surface area contributed by atoms with Crippen molar-refractivity contribution in [2.45, 2.75) is 50.6 Å². The molecule has 0 aromatic carbocycles. The van der Waals surface area contributed by atoms with E-state index in [0.29, 0.717) is 26.1 Å². The van der Waals surface area contributed by atoms with Gasteiger partial charge in [-0.05, 0) is 24.3 Å². The van der Waals surface area contributed by atoms with Crippen LogP contribution in [-0.4, -0.2) is 59.2 Å². The second-order valence-electron chi connectivity index (χ2n) is 7.51. The molecule has 3 fully saturated rings. The summed E-state index contributed by atoms with van der Waals surface area (Å²) in [6.45, 7) is 1.32. The summed E-state index contributed by atoms with van der Waals surface area (Å²) in [5, 5.41) is 4.86. The lowest BCUT2D eigenvalue weighted by Gasteiger charge is -2.46. The fourth-order valence-electron chi connectivity index (χ4n) is 4.38. The van der Waals surface area contributed by atoms with E-state index in [-0.39, 0.29) is 23.6 Å². The first-order chi connectivity index (χ1) is 12.6. The molecular formula is C19H25N3O3S. The van der Waals surface area contributed by atoms with Gasteiger partial charge in [-0.25, -0.2) is 0 Å². The van der Waals surface area contributed by atoms with Crippen molar-refractivity contribution in [3.05, 3.63) is 22.4 Å². The molecule has 140 valence electrons. The first-order valence-corrected chi connectivity index (χ1v) is 10.4. The van der Waals surface area contributed by atoms with Gasteiger partial charge in [0.05, 0.1) is 6.54 Å². The Hall–Kier alpha value is -1.89. The molecule has 3 aliphatic rings. The number of nitrogens with one attached hydrogen (secondary N) is 1. The van der Waals surface area contributed by atoms with Crippen LogP contribution >= 0.6 is 11.3 Å². The van der Waals surface area contributed by atoms with Gasteiger partial charge in [0, 0.05) is 30.3 Å². The topological polar surface area (TPSA) is 69.7 Å². The molecule has 2 aliphatic heterocycles. The number of piperazine rings is 2. The lowest BCUT2D eigenvalue weighted by Crippen LogP contribution is -2.70. The number of fused-ring (bicyclic) bond motifs is 1. The van der Waals surface area contributed by atoms with Gasteiger partial charge < -0.3 is 15.1 Å². The number of nitrogens with zero attached hydrogens (tertiary/aromatic N) is 2. The Morgan fingerprint density at radius 3 is 2.73 bits per heavy atom. The Bertz CT molecular complexity index is 684. The summed E-state index contributed by atoms with van der Waals surface area (Å²) in [5.74, 6) is 0.120. The molecular weight excluding hydrogens is 350 g/mol. The maximum atomic E-state index is 12.8. The first-order valence-electron chi connectivity index (χ1n) is 9.55. The summed E-state index contributed by atoms with van der Waals surface area (Å²) in [7, 11) is 0. The average molecular weight is 375 g/mol. The zero-order chi connectivity index (χ0) is 18.1. The van der Waals surface area contributed by atoms with Crippen LogP contribution in [0.3, 0.4) is 0 Å². The molecule has 6 nitrogen and oxygen atoms in total. The molecule has 0 spiro atoms. The fourth-order valence-corrected chi connectivity index (χ4v) is 5.13. The van der Waals surface area contributed by atoms with Gasteiger partial charge in [0.25, 0.3) is 0 Å². The zero-order valence-corrected chi connectivity index (χ0v) is 15.7. The highest BCUT2D eigenvalue weighted by molar-refractivity contribution is 7.09. The number of carbonyl (C=O) groups is 3. The Balaban J connectivity index is 1.41. The molecule has 1 aliphatic carbocycles. The van der Waals surface area contributed by atoms with Crippen LogP contribution in [0, 0.1) is 5.92 Å². The molecule has 7 heteroatoms. The van der Waals surface area contributed by atoms with E-state index >= 15 is 0 Å². The molecule has 2 atom stereocenters. The minimum absolute atomic E-state index is 0.0206. The molecule has 0 radical (unpaired) electrons. The summed E-state index contributed by atoms with van der Waals surface area (Å²) in [6.07, 6.45) is 5.89. The molecule has 0 bridgehead atoms. The quantitative estimate of drug-likeness (QED) is 0.868. The Morgan fingerprint density at radius 2 is 2.00 bits per heavy atom. The molecule has 1 aromatic heterocycles. The van der Waals surface area contributed by atoms with Crippen LogP contribution in [0.2, 0.25) is 0 Å². The smallest absolute Gasteiger partial charge is 0.246 e. The van der Waals surface area contributed by atoms with Crippen molar-refractivity contribution in [2.24, 2.45) is 5.92 Å². The standard InChI is InChI=1S/C19H25N3O3S/c23-17-16-12-21(18(24)13-5-2-1-3-6-13)8-9-22(16)19(25)15(20-17)11-14-7-4-10-26-14/h4,7,10,13,15-16H,1-3,5-6,8-9,11-12H2,(H,20,23)/t15-,16+/m0/s1. The van der Waals surface area contributed by atoms with E-state index in [1.807, 2.05) is 22.4 Å². The van der Waals surface area contributed by atoms with Gasteiger partial charge >= 0.3 is 0 Å². The third-order valence-corrected chi connectivity index (χ3v) is 6.73. The van der Waals surface area contributed by atoms with Gasteiger partial charge in [-0.15, -0.1) is 11.3 Å². The highest BCUT2D eigenvalue weighted by atomic mass is 32.1. The van der Waals surface area contributed by atoms with Crippen LogP contribution in [-0.2, 0) is 20.8 Å². The molecule has 4 rings (SSSR count). The van der Waals surface area contributed by atoms with E-state index in [9.17, 15) is 14.4 Å². The van der Waals surface area contributed by atoms with Crippen molar-refractivity contribution in [1.29, 1.82) is 0 Å². The van der Waals surface area contributed by atoms with Gasteiger partial charge in [-0.1, -0.05) is 25.3 Å². The SMILES string of the molecule is O=C1N[C@@H](Cc2cccs2)C(=O)N2CCN(C(=O)C3CCCCC3)C[C@H]12. The monoisotopic (exact) mass is 375 g/mol. The number of amides is 3. The van der Waals surface area contributed by atoms with E-state index in [1.54, 1.807) is 16.2 Å². The second-order valence-corrected chi connectivity index (χ2v) is 8.54. The molecule has 26 heavy (non-hydrogen) atoms. The maximum absolute atomic E-state index is 12.8. The van der Waals surface area contributed by atoms with Crippen molar-refractivity contribution < 1.29 is 14.4 Å². The lowest BCUT2D eigenvalue weighted by molar-refractivity contribution is -0.156. The first kappa shape index (κ1) is 17.5. The highest BCUT2D eigenvalue weighted by Crippen LogP contribution is 2.27. The molecule has 3 heterocycles. The van der Waals surface area contributed by atoms with Crippen LogP contribution < -0.4 is 5.32 Å². The average Bonchev–Trinajstić information content (AvgIpc) is 3.19. The maximum Gasteiger partial charge on any atom is 0.246 e. The number of hydrogen-bond acceptors (Lipinski definition) is 4. The Morgan fingerprint density at radius 1 is 1.19 bits per heavy atom. The van der Waals surface area contributed by atoms with E-state index in [0.717, 1.165) is 30.6 Å². The second kappa shape index (κ2) is 7.39. The van der Waals surface area contributed by atoms with E-state index < -0.39 is 12.1 Å². The predicted molar refractivity (Wildman–Crippen MR) is 98.6 cm³/mol. The van der Waals surface area contributed by atoms with Crippen molar-refractivity contribution >= 4 is 29.1 Å². The van der Waals surface area contributed by atoms with Crippen LogP contribution in [0.15, 0.2) is 17.5 Å². The lowest BCUT2D eigenvalue weighted by atomic mass is 9.88. The van der Waals surface area contributed by atoms with Crippen molar-refractivity contribution in [1.82, 2.24) is 15.1 Å². The number of thiophene rings is 1. The zero-order valence-electron chi connectivity index (χ0n) is 14.9. The van der Waals surface area contributed by atoms with Crippen molar-refractivity contribution in [2.75, 3.05) is 19.6 Å². The van der Waals surface area contributed by atoms with Gasteiger partial charge in [0.1, 0.15) is 12.1 Å². The summed E-state index contributed by atoms with van der Waals surface area (Å²) in [6, 6.07) is 2.91. The molecule has 1 saturated carbocycles.